The van der Waals surface area contributed by atoms with E-state index >= 15 is 0 Å². The number of carbonyl (C=O) groups is 2. The Morgan fingerprint density at radius 2 is 1.92 bits per heavy atom. The van der Waals surface area contributed by atoms with Crippen molar-refractivity contribution in [2.45, 2.75) is 17.3 Å². The van der Waals surface area contributed by atoms with Crippen molar-refractivity contribution >= 4 is 35.0 Å². The number of amides is 3. The van der Waals surface area contributed by atoms with Crippen molar-refractivity contribution in [2.75, 3.05) is 7.05 Å². The smallest absolute Gasteiger partial charge is 0.321 e. The Kier molecular flexibility index (Phi) is 5.69. The number of thioether (sulfide) groups is 1. The van der Waals surface area contributed by atoms with Crippen molar-refractivity contribution < 1.29 is 9.59 Å². The fourth-order valence-corrected chi connectivity index (χ4v) is 3.78. The summed E-state index contributed by atoms with van der Waals surface area (Å²) in [6.07, 6.45) is 0. The third-order valence-corrected chi connectivity index (χ3v) is 5.41. The van der Waals surface area contributed by atoms with E-state index in [1.54, 1.807) is 18.3 Å². The lowest BCUT2D eigenvalue weighted by molar-refractivity contribution is -0.119. The number of hydrogen-bond acceptors (Lipinski definition) is 6. The Bertz CT molecular complexity index is 893. The van der Waals surface area contributed by atoms with Crippen LogP contribution in [0.4, 0.5) is 4.79 Å². The molecule has 2 N–H and O–H groups in total. The van der Waals surface area contributed by atoms with Crippen molar-refractivity contribution in [3.05, 3.63) is 47.8 Å². The summed E-state index contributed by atoms with van der Waals surface area (Å²) in [6.45, 7) is 1.72. The van der Waals surface area contributed by atoms with Crippen LogP contribution in [0.3, 0.4) is 0 Å². The quantitative estimate of drug-likeness (QED) is 0.657. The summed E-state index contributed by atoms with van der Waals surface area (Å²) in [5, 5.41) is 15.3. The first-order chi connectivity index (χ1) is 12.6. The van der Waals surface area contributed by atoms with E-state index in [-0.39, 0.29) is 0 Å². The summed E-state index contributed by atoms with van der Waals surface area (Å²) in [6, 6.07) is 13.1. The van der Waals surface area contributed by atoms with Gasteiger partial charge in [0.1, 0.15) is 0 Å². The predicted octanol–water partition coefficient (Wildman–Crippen LogP) is 2.93. The molecule has 0 saturated carbocycles. The molecule has 0 fully saturated rings. The molecule has 0 aliphatic rings. The monoisotopic (exact) mass is 387 g/mol. The maximum absolute atomic E-state index is 12.2. The molecule has 0 aliphatic heterocycles. The van der Waals surface area contributed by atoms with Gasteiger partial charge in [-0.05, 0) is 30.5 Å². The second kappa shape index (κ2) is 8.15. The molecule has 2 heterocycles. The van der Waals surface area contributed by atoms with Gasteiger partial charge in [0.15, 0.2) is 11.0 Å². The largest absolute Gasteiger partial charge is 0.341 e. The number of hydrogen-bond donors (Lipinski definition) is 2. The molecule has 0 saturated heterocycles. The van der Waals surface area contributed by atoms with Crippen molar-refractivity contribution in [2.24, 2.45) is 0 Å². The lowest BCUT2D eigenvalue weighted by Gasteiger charge is -2.13. The minimum atomic E-state index is -0.536. The van der Waals surface area contributed by atoms with Gasteiger partial charge in [-0.15, -0.1) is 21.5 Å². The van der Waals surface area contributed by atoms with Gasteiger partial charge in [-0.1, -0.05) is 36.0 Å². The molecule has 9 heteroatoms. The lowest BCUT2D eigenvalue weighted by Crippen LogP contribution is -2.41. The summed E-state index contributed by atoms with van der Waals surface area (Å²) in [5.74, 6) is 0.322. The van der Waals surface area contributed by atoms with Gasteiger partial charge < -0.3 is 5.32 Å². The van der Waals surface area contributed by atoms with Crippen molar-refractivity contribution in [3.8, 4) is 16.4 Å². The van der Waals surface area contributed by atoms with E-state index in [0.29, 0.717) is 11.0 Å². The maximum Gasteiger partial charge on any atom is 0.321 e. The van der Waals surface area contributed by atoms with Gasteiger partial charge in [0.25, 0.3) is 0 Å². The molecule has 0 radical (unpaired) electrons. The van der Waals surface area contributed by atoms with Gasteiger partial charge in [0, 0.05) is 12.7 Å². The van der Waals surface area contributed by atoms with Crippen LogP contribution in [0, 0.1) is 0 Å². The van der Waals surface area contributed by atoms with Crippen LogP contribution in [0.1, 0.15) is 6.92 Å². The Balaban J connectivity index is 1.93. The molecule has 134 valence electrons. The van der Waals surface area contributed by atoms with Crippen LogP contribution >= 0.6 is 23.1 Å². The van der Waals surface area contributed by atoms with Crippen LogP contribution in [0.5, 0.6) is 0 Å². The summed E-state index contributed by atoms with van der Waals surface area (Å²) < 4.78 is 1.92. The summed E-state index contributed by atoms with van der Waals surface area (Å²) in [5.41, 5.74) is 0.905. The molecule has 1 aromatic carbocycles. The van der Waals surface area contributed by atoms with Gasteiger partial charge >= 0.3 is 6.03 Å². The number of benzene rings is 1. The van der Waals surface area contributed by atoms with Gasteiger partial charge in [0.2, 0.25) is 5.91 Å². The Hall–Kier alpha value is -2.65. The first-order valence-corrected chi connectivity index (χ1v) is 9.60. The number of imide groups is 1. The van der Waals surface area contributed by atoms with Crippen LogP contribution in [0.15, 0.2) is 53.0 Å². The Labute approximate surface area is 158 Å². The molecule has 7 nitrogen and oxygen atoms in total. The lowest BCUT2D eigenvalue weighted by atomic mass is 10.3. The van der Waals surface area contributed by atoms with Gasteiger partial charge in [0.05, 0.1) is 10.1 Å². The van der Waals surface area contributed by atoms with Crippen LogP contribution < -0.4 is 10.6 Å². The minimum Gasteiger partial charge on any atom is -0.341 e. The van der Waals surface area contributed by atoms with Crippen LogP contribution in [-0.2, 0) is 4.79 Å². The van der Waals surface area contributed by atoms with Crippen molar-refractivity contribution in [3.63, 3.8) is 0 Å². The van der Waals surface area contributed by atoms with E-state index in [1.807, 2.05) is 52.4 Å². The third-order valence-electron chi connectivity index (χ3n) is 3.50. The van der Waals surface area contributed by atoms with E-state index in [0.717, 1.165) is 10.6 Å². The first-order valence-electron chi connectivity index (χ1n) is 7.84. The second-order valence-corrected chi connectivity index (χ2v) is 7.54. The number of rotatable bonds is 5. The number of aromatic nitrogens is 3. The molecular formula is C17H17N5O2S2. The number of nitrogens with zero attached hydrogens (tertiary/aromatic N) is 3. The first kappa shape index (κ1) is 18.2. The molecule has 2 aromatic heterocycles. The Morgan fingerprint density at radius 1 is 1.15 bits per heavy atom. The molecule has 1 unspecified atom stereocenters. The molecule has 0 spiro atoms. The zero-order valence-corrected chi connectivity index (χ0v) is 15.8. The standard InChI is InChI=1S/C17H17N5O2S2/c1-11(15(23)19-16(24)18-2)26-17-21-20-14(13-9-6-10-25-13)22(17)12-7-4-3-5-8-12/h3-11H,1-2H3,(H2,18,19,23,24). The van der Waals surface area contributed by atoms with Crippen molar-refractivity contribution in [1.82, 2.24) is 25.4 Å². The zero-order valence-electron chi connectivity index (χ0n) is 14.2. The van der Waals surface area contributed by atoms with Crippen LogP contribution in [0.2, 0.25) is 0 Å². The molecule has 0 bridgehead atoms. The van der Waals surface area contributed by atoms with Crippen LogP contribution in [0.25, 0.3) is 16.4 Å². The molecule has 3 rings (SSSR count). The van der Waals surface area contributed by atoms with E-state index in [2.05, 4.69) is 20.8 Å². The van der Waals surface area contributed by atoms with Gasteiger partial charge in [-0.25, -0.2) is 4.79 Å². The zero-order chi connectivity index (χ0) is 18.5. The average molecular weight is 387 g/mol. The topological polar surface area (TPSA) is 88.9 Å². The summed E-state index contributed by atoms with van der Waals surface area (Å²) >= 11 is 2.82. The minimum absolute atomic E-state index is 0.394. The average Bonchev–Trinajstić information content (AvgIpc) is 3.31. The second-order valence-electron chi connectivity index (χ2n) is 5.28. The summed E-state index contributed by atoms with van der Waals surface area (Å²) in [7, 11) is 1.46. The van der Waals surface area contributed by atoms with E-state index < -0.39 is 17.2 Å². The molecule has 3 amide bonds. The number of para-hydroxylation sites is 1. The number of nitrogens with one attached hydrogen (secondary N) is 2. The molecule has 26 heavy (non-hydrogen) atoms. The molecule has 1 atom stereocenters. The molecule has 0 aliphatic carbocycles. The van der Waals surface area contributed by atoms with E-state index in [4.69, 9.17) is 0 Å². The van der Waals surface area contributed by atoms with Crippen LogP contribution in [-0.4, -0.2) is 39.0 Å². The van der Waals surface area contributed by atoms with Gasteiger partial charge in [-0.3, -0.25) is 14.7 Å². The maximum atomic E-state index is 12.2. The number of carbonyl (C=O) groups excluding carboxylic acids is 2. The summed E-state index contributed by atoms with van der Waals surface area (Å²) in [4.78, 5) is 24.5. The fourth-order valence-electron chi connectivity index (χ4n) is 2.21. The Morgan fingerprint density at radius 3 is 2.58 bits per heavy atom. The SMILES string of the molecule is CNC(=O)NC(=O)C(C)Sc1nnc(-c2cccs2)n1-c1ccccc1. The van der Waals surface area contributed by atoms with Gasteiger partial charge in [-0.2, -0.15) is 0 Å². The number of thiophene rings is 1. The highest BCUT2D eigenvalue weighted by molar-refractivity contribution is 8.00. The predicted molar refractivity (Wildman–Crippen MR) is 103 cm³/mol. The highest BCUT2D eigenvalue weighted by Gasteiger charge is 2.23. The number of urea groups is 1. The van der Waals surface area contributed by atoms with E-state index in [9.17, 15) is 9.59 Å². The third kappa shape index (κ3) is 3.94. The molecule has 3 aromatic rings. The molecular weight excluding hydrogens is 370 g/mol. The van der Waals surface area contributed by atoms with E-state index in [1.165, 1.54) is 18.8 Å². The normalized spacial score (nSPS) is 11.8. The highest BCUT2D eigenvalue weighted by Crippen LogP contribution is 2.31. The van der Waals surface area contributed by atoms with Crippen molar-refractivity contribution in [1.29, 1.82) is 0 Å². The fraction of sp³-hybridized carbons (Fsp3) is 0.176. The highest BCUT2D eigenvalue weighted by atomic mass is 32.2.